The molecular formula is C20H36N4. The standard InChI is InChI=1S/C8H12.2C6H12N2/c1-2-4-6-8-7-5-3-1;2*1-2-8-5-3-7(1)4-6-8/h1-2,7-8H,3-6H2;2*1-6H2/b2-1-,8-7?;;. The summed E-state index contributed by atoms with van der Waals surface area (Å²) in [5.41, 5.74) is 0. The van der Waals surface area contributed by atoms with E-state index in [-0.39, 0.29) is 0 Å². The SMILES string of the molecule is C1=CCC/C=C\CC1.C1CN2CCN1CC2.C1CN2CCN1CC2. The normalized spacial score (nSPS) is 38.0. The van der Waals surface area contributed by atoms with Crippen LogP contribution in [0.2, 0.25) is 0 Å². The maximum Gasteiger partial charge on any atom is 0.0110 e. The molecule has 4 bridgehead atoms. The molecule has 136 valence electrons. The quantitative estimate of drug-likeness (QED) is 0.628. The second-order valence-electron chi connectivity index (χ2n) is 7.46. The number of hydrogen-bond acceptors (Lipinski definition) is 4. The van der Waals surface area contributed by atoms with Crippen LogP contribution in [-0.4, -0.2) is 98.1 Å². The molecule has 4 nitrogen and oxygen atoms in total. The second kappa shape index (κ2) is 10.3. The predicted molar refractivity (Wildman–Crippen MR) is 103 cm³/mol. The van der Waals surface area contributed by atoms with E-state index in [9.17, 15) is 0 Å². The molecule has 6 aliphatic heterocycles. The van der Waals surface area contributed by atoms with Gasteiger partial charge in [-0.25, -0.2) is 0 Å². The largest absolute Gasteiger partial charge is 0.300 e. The molecule has 7 rings (SSSR count). The van der Waals surface area contributed by atoms with Gasteiger partial charge >= 0.3 is 0 Å². The van der Waals surface area contributed by atoms with Crippen LogP contribution in [0.3, 0.4) is 0 Å². The summed E-state index contributed by atoms with van der Waals surface area (Å²) in [6, 6.07) is 0. The maximum atomic E-state index is 2.54. The monoisotopic (exact) mass is 332 g/mol. The van der Waals surface area contributed by atoms with Crippen molar-refractivity contribution in [2.75, 3.05) is 78.5 Å². The Kier molecular flexibility index (Phi) is 7.81. The van der Waals surface area contributed by atoms with Gasteiger partial charge in [0.25, 0.3) is 0 Å². The first-order valence-electron chi connectivity index (χ1n) is 10.1. The molecule has 6 fully saturated rings. The van der Waals surface area contributed by atoms with Crippen LogP contribution in [0.4, 0.5) is 0 Å². The van der Waals surface area contributed by atoms with Crippen LogP contribution >= 0.6 is 0 Å². The zero-order chi connectivity index (χ0) is 16.5. The van der Waals surface area contributed by atoms with Gasteiger partial charge < -0.3 is 0 Å². The Balaban J connectivity index is 0.000000106. The Morgan fingerprint density at radius 1 is 0.292 bits per heavy atom. The van der Waals surface area contributed by atoms with Gasteiger partial charge in [0.1, 0.15) is 0 Å². The fourth-order valence-electron chi connectivity index (χ4n) is 3.90. The third kappa shape index (κ3) is 6.32. The molecule has 0 aromatic heterocycles. The van der Waals surface area contributed by atoms with Gasteiger partial charge in [-0.1, -0.05) is 24.3 Å². The number of fused-ring (bicyclic) bond motifs is 6. The zero-order valence-corrected chi connectivity index (χ0v) is 15.4. The molecule has 0 saturated carbocycles. The summed E-state index contributed by atoms with van der Waals surface area (Å²) in [5.74, 6) is 0. The minimum absolute atomic E-state index is 1.23. The smallest absolute Gasteiger partial charge is 0.0110 e. The summed E-state index contributed by atoms with van der Waals surface area (Å²) in [7, 11) is 0. The third-order valence-corrected chi connectivity index (χ3v) is 5.73. The Hall–Kier alpha value is -0.680. The number of nitrogens with zero attached hydrogens (tertiary/aromatic N) is 4. The van der Waals surface area contributed by atoms with E-state index in [1.165, 1.54) is 104 Å². The van der Waals surface area contributed by atoms with E-state index in [1.54, 1.807) is 0 Å². The number of piperazine rings is 6. The van der Waals surface area contributed by atoms with E-state index in [0.29, 0.717) is 0 Å². The van der Waals surface area contributed by atoms with Gasteiger partial charge in [-0.05, 0) is 25.7 Å². The third-order valence-electron chi connectivity index (χ3n) is 5.73. The van der Waals surface area contributed by atoms with E-state index in [1.807, 2.05) is 0 Å². The Labute approximate surface area is 148 Å². The molecule has 6 heterocycles. The van der Waals surface area contributed by atoms with Crippen LogP contribution in [0.25, 0.3) is 0 Å². The molecule has 1 aliphatic carbocycles. The van der Waals surface area contributed by atoms with E-state index >= 15 is 0 Å². The number of hydrogen-bond donors (Lipinski definition) is 0. The van der Waals surface area contributed by atoms with Crippen LogP contribution in [0.1, 0.15) is 25.7 Å². The maximum absolute atomic E-state index is 2.54. The molecule has 0 atom stereocenters. The van der Waals surface area contributed by atoms with E-state index < -0.39 is 0 Å². The van der Waals surface area contributed by atoms with Crippen molar-refractivity contribution in [2.24, 2.45) is 0 Å². The van der Waals surface area contributed by atoms with Crippen molar-refractivity contribution in [3.05, 3.63) is 24.3 Å². The fraction of sp³-hybridized carbons (Fsp3) is 0.800. The molecule has 0 aromatic carbocycles. The lowest BCUT2D eigenvalue weighted by Gasteiger charge is -2.41. The van der Waals surface area contributed by atoms with Crippen molar-refractivity contribution in [3.8, 4) is 0 Å². The van der Waals surface area contributed by atoms with E-state index in [0.717, 1.165) is 0 Å². The average Bonchev–Trinajstić information content (AvgIpc) is 2.65. The van der Waals surface area contributed by atoms with Crippen molar-refractivity contribution in [2.45, 2.75) is 25.7 Å². The van der Waals surface area contributed by atoms with Gasteiger partial charge in [-0.3, -0.25) is 19.6 Å². The van der Waals surface area contributed by atoms with Crippen LogP contribution in [0.15, 0.2) is 24.3 Å². The molecular weight excluding hydrogens is 296 g/mol. The minimum atomic E-state index is 1.23. The van der Waals surface area contributed by atoms with Gasteiger partial charge in [0.15, 0.2) is 0 Å². The number of allylic oxidation sites excluding steroid dienone is 4. The van der Waals surface area contributed by atoms with Crippen molar-refractivity contribution in [3.63, 3.8) is 0 Å². The highest BCUT2D eigenvalue weighted by molar-refractivity contribution is 4.93. The summed E-state index contributed by atoms with van der Waals surface area (Å²) < 4.78 is 0. The molecule has 0 unspecified atom stereocenters. The van der Waals surface area contributed by atoms with Crippen molar-refractivity contribution >= 4 is 0 Å². The molecule has 6 saturated heterocycles. The van der Waals surface area contributed by atoms with Gasteiger partial charge in [0, 0.05) is 78.5 Å². The Bertz CT molecular complexity index is 294. The molecule has 4 heteroatoms. The van der Waals surface area contributed by atoms with Crippen LogP contribution < -0.4 is 0 Å². The van der Waals surface area contributed by atoms with Gasteiger partial charge in [-0.2, -0.15) is 0 Å². The Morgan fingerprint density at radius 2 is 0.458 bits per heavy atom. The van der Waals surface area contributed by atoms with E-state index in [4.69, 9.17) is 0 Å². The molecule has 0 N–H and O–H groups in total. The molecule has 0 spiro atoms. The first-order valence-corrected chi connectivity index (χ1v) is 10.1. The summed E-state index contributed by atoms with van der Waals surface area (Å²) in [4.78, 5) is 10.2. The molecule has 7 aliphatic rings. The summed E-state index contributed by atoms with van der Waals surface area (Å²) in [6.07, 6.45) is 14.0. The molecule has 0 aromatic rings. The fourth-order valence-corrected chi connectivity index (χ4v) is 3.90. The second-order valence-corrected chi connectivity index (χ2v) is 7.46. The summed E-state index contributed by atoms with van der Waals surface area (Å²) >= 11 is 0. The van der Waals surface area contributed by atoms with Crippen LogP contribution in [0, 0.1) is 0 Å². The number of rotatable bonds is 0. The molecule has 0 amide bonds. The van der Waals surface area contributed by atoms with Crippen LogP contribution in [0.5, 0.6) is 0 Å². The summed E-state index contributed by atoms with van der Waals surface area (Å²) in [6.45, 7) is 15.8. The molecule has 0 radical (unpaired) electrons. The van der Waals surface area contributed by atoms with Crippen molar-refractivity contribution in [1.82, 2.24) is 19.6 Å². The zero-order valence-electron chi connectivity index (χ0n) is 15.4. The van der Waals surface area contributed by atoms with Gasteiger partial charge in [0.2, 0.25) is 0 Å². The Morgan fingerprint density at radius 3 is 0.583 bits per heavy atom. The summed E-state index contributed by atoms with van der Waals surface area (Å²) in [5, 5.41) is 0. The lowest BCUT2D eigenvalue weighted by Crippen LogP contribution is -2.55. The predicted octanol–water partition coefficient (Wildman–Crippen LogP) is 1.91. The highest BCUT2D eigenvalue weighted by Gasteiger charge is 2.22. The molecule has 24 heavy (non-hydrogen) atoms. The topological polar surface area (TPSA) is 13.0 Å². The van der Waals surface area contributed by atoms with Crippen molar-refractivity contribution in [1.29, 1.82) is 0 Å². The van der Waals surface area contributed by atoms with Crippen molar-refractivity contribution < 1.29 is 0 Å². The first kappa shape index (κ1) is 18.1. The highest BCUT2D eigenvalue weighted by Crippen LogP contribution is 2.07. The van der Waals surface area contributed by atoms with E-state index in [2.05, 4.69) is 43.9 Å². The van der Waals surface area contributed by atoms with Gasteiger partial charge in [0.05, 0.1) is 0 Å². The lowest BCUT2D eigenvalue weighted by atomic mass is 10.1. The first-order chi connectivity index (χ1) is 11.9. The van der Waals surface area contributed by atoms with Gasteiger partial charge in [-0.15, -0.1) is 0 Å². The lowest BCUT2D eigenvalue weighted by molar-refractivity contribution is 0.0647. The average molecular weight is 333 g/mol. The van der Waals surface area contributed by atoms with Crippen LogP contribution in [-0.2, 0) is 0 Å². The minimum Gasteiger partial charge on any atom is -0.300 e. The highest BCUT2D eigenvalue weighted by atomic mass is 15.3.